The summed E-state index contributed by atoms with van der Waals surface area (Å²) in [7, 11) is -1.15. The van der Waals surface area contributed by atoms with Gasteiger partial charge in [-0.15, -0.1) is 11.8 Å². The summed E-state index contributed by atoms with van der Waals surface area (Å²) < 4.78 is 8.24. The number of pyridine rings is 1. The van der Waals surface area contributed by atoms with Crippen LogP contribution < -0.4 is 0 Å². The van der Waals surface area contributed by atoms with E-state index in [1.807, 2.05) is 19.2 Å². The van der Waals surface area contributed by atoms with Crippen molar-refractivity contribution in [1.82, 2.24) is 19.4 Å². The zero-order chi connectivity index (χ0) is 27.2. The van der Waals surface area contributed by atoms with E-state index in [2.05, 4.69) is 67.4 Å². The second kappa shape index (κ2) is 10.6. The molecule has 3 aromatic rings. The van der Waals surface area contributed by atoms with Crippen molar-refractivity contribution in [2.45, 2.75) is 83.5 Å². The van der Waals surface area contributed by atoms with Gasteiger partial charge >= 0.3 is 0 Å². The van der Waals surface area contributed by atoms with E-state index >= 15 is 0 Å². The molecule has 0 unspecified atom stereocenters. The van der Waals surface area contributed by atoms with Gasteiger partial charge in [0.25, 0.3) is 5.91 Å². The number of amides is 1. The molecule has 1 atom stereocenters. The summed E-state index contributed by atoms with van der Waals surface area (Å²) in [5.41, 5.74) is 7.14. The van der Waals surface area contributed by atoms with Crippen molar-refractivity contribution in [3.05, 3.63) is 53.0 Å². The number of imidazole rings is 1. The highest BCUT2D eigenvalue weighted by atomic mass is 32.2. The SMILES string of the molecule is CSc1cc(-c2ccnc(-c3nc(C)c(C)n3COCC[Si](C)(C)C)c2)cc2c1C(=O)N([C@@H](C)C1CC1)C2. The number of nitrogens with zero attached hydrogens (tertiary/aromatic N) is 4. The Kier molecular flexibility index (Phi) is 7.59. The van der Waals surface area contributed by atoms with E-state index in [1.54, 1.807) is 11.8 Å². The van der Waals surface area contributed by atoms with Gasteiger partial charge in [0.1, 0.15) is 12.4 Å². The summed E-state index contributed by atoms with van der Waals surface area (Å²) in [6.07, 6.45) is 6.39. The number of aromatic nitrogens is 3. The molecule has 3 heterocycles. The van der Waals surface area contributed by atoms with Crippen LogP contribution in [-0.2, 0) is 18.0 Å². The summed E-state index contributed by atoms with van der Waals surface area (Å²) in [6, 6.07) is 9.97. The Bertz CT molecular complexity index is 1360. The predicted octanol–water partition coefficient (Wildman–Crippen LogP) is 7.02. The molecular formula is C30H40N4O2SSi. The molecule has 1 aliphatic carbocycles. The minimum atomic E-state index is -1.15. The first-order valence-electron chi connectivity index (χ1n) is 13.7. The van der Waals surface area contributed by atoms with Crippen LogP contribution >= 0.6 is 11.8 Å². The van der Waals surface area contributed by atoms with Crippen LogP contribution in [0.25, 0.3) is 22.6 Å². The second-order valence-electron chi connectivity index (χ2n) is 12.0. The van der Waals surface area contributed by atoms with Crippen LogP contribution in [0.4, 0.5) is 0 Å². The molecule has 6 nitrogen and oxygen atoms in total. The third-order valence-corrected chi connectivity index (χ3v) is 10.5. The average Bonchev–Trinajstić information content (AvgIpc) is 3.63. The van der Waals surface area contributed by atoms with Gasteiger partial charge in [-0.2, -0.15) is 0 Å². The maximum atomic E-state index is 13.4. The largest absolute Gasteiger partial charge is 0.361 e. The lowest BCUT2D eigenvalue weighted by atomic mass is 10.0. The minimum absolute atomic E-state index is 0.188. The fourth-order valence-corrected chi connectivity index (χ4v) is 6.63. The number of fused-ring (bicyclic) bond motifs is 1. The monoisotopic (exact) mass is 548 g/mol. The molecule has 0 N–H and O–H groups in total. The second-order valence-corrected chi connectivity index (χ2v) is 18.5. The van der Waals surface area contributed by atoms with E-state index in [0.29, 0.717) is 25.2 Å². The molecule has 1 aliphatic heterocycles. The third kappa shape index (κ3) is 5.49. The van der Waals surface area contributed by atoms with Crippen LogP contribution in [0.2, 0.25) is 25.7 Å². The number of benzene rings is 1. The first-order valence-corrected chi connectivity index (χ1v) is 18.6. The maximum absolute atomic E-state index is 13.4. The molecule has 1 aromatic carbocycles. The molecule has 1 amide bonds. The highest BCUT2D eigenvalue weighted by Gasteiger charge is 2.39. The van der Waals surface area contributed by atoms with Crippen molar-refractivity contribution >= 4 is 25.7 Å². The van der Waals surface area contributed by atoms with Gasteiger partial charge in [0.2, 0.25) is 0 Å². The van der Waals surface area contributed by atoms with Crippen molar-refractivity contribution in [2.24, 2.45) is 5.92 Å². The first-order chi connectivity index (χ1) is 18.1. The van der Waals surface area contributed by atoms with Crippen LogP contribution in [0.3, 0.4) is 0 Å². The average molecular weight is 549 g/mol. The summed E-state index contributed by atoms with van der Waals surface area (Å²) in [6.45, 7) is 15.4. The number of ether oxygens (including phenoxy) is 1. The number of thioether (sulfide) groups is 1. The molecule has 0 bridgehead atoms. The Balaban J connectivity index is 1.44. The predicted molar refractivity (Wildman–Crippen MR) is 158 cm³/mol. The van der Waals surface area contributed by atoms with Crippen molar-refractivity contribution in [3.8, 4) is 22.6 Å². The Morgan fingerprint density at radius 2 is 1.92 bits per heavy atom. The van der Waals surface area contributed by atoms with Crippen LogP contribution in [-0.4, -0.2) is 52.3 Å². The molecule has 202 valence electrons. The Morgan fingerprint density at radius 3 is 2.61 bits per heavy atom. The molecule has 0 spiro atoms. The molecule has 0 radical (unpaired) electrons. The molecule has 2 aromatic heterocycles. The lowest BCUT2D eigenvalue weighted by Crippen LogP contribution is -2.34. The highest BCUT2D eigenvalue weighted by Crippen LogP contribution is 2.41. The fourth-order valence-electron chi connectivity index (χ4n) is 5.20. The van der Waals surface area contributed by atoms with E-state index < -0.39 is 8.07 Å². The van der Waals surface area contributed by atoms with Gasteiger partial charge in [0, 0.05) is 44.1 Å². The number of hydrogen-bond acceptors (Lipinski definition) is 5. The smallest absolute Gasteiger partial charge is 0.255 e. The van der Waals surface area contributed by atoms with E-state index in [4.69, 9.17) is 14.7 Å². The van der Waals surface area contributed by atoms with Gasteiger partial charge < -0.3 is 14.2 Å². The lowest BCUT2D eigenvalue weighted by Gasteiger charge is -2.24. The van der Waals surface area contributed by atoms with E-state index in [0.717, 1.165) is 62.7 Å². The van der Waals surface area contributed by atoms with Crippen LogP contribution in [0.15, 0.2) is 35.4 Å². The summed E-state index contributed by atoms with van der Waals surface area (Å²) in [5, 5.41) is 0. The zero-order valence-corrected chi connectivity index (χ0v) is 25.6. The molecular weight excluding hydrogens is 509 g/mol. The van der Waals surface area contributed by atoms with E-state index in [9.17, 15) is 4.79 Å². The normalized spacial score (nSPS) is 16.3. The number of rotatable bonds is 10. The minimum Gasteiger partial charge on any atom is -0.361 e. The summed E-state index contributed by atoms with van der Waals surface area (Å²) in [4.78, 5) is 26.1. The number of hydrogen-bond donors (Lipinski definition) is 0. The zero-order valence-electron chi connectivity index (χ0n) is 23.8. The molecule has 5 rings (SSSR count). The van der Waals surface area contributed by atoms with Gasteiger partial charge in [-0.25, -0.2) is 4.98 Å². The molecule has 1 saturated carbocycles. The van der Waals surface area contributed by atoms with Gasteiger partial charge in [0.05, 0.1) is 11.3 Å². The summed E-state index contributed by atoms with van der Waals surface area (Å²) >= 11 is 1.65. The standard InChI is InChI=1S/C30H40N4O2SSi/c1-19-20(2)34(18-36-12-13-38(5,6)7)29(32-19)26-15-23(10-11-31-26)24-14-25-17-33(21(3)22-8-9-22)30(35)28(25)27(16-24)37-4/h10-11,14-16,21-22H,8-9,12-13,17-18H2,1-7H3/t21-/m0/s1. The quantitative estimate of drug-likeness (QED) is 0.155. The van der Waals surface area contributed by atoms with E-state index in [-0.39, 0.29) is 5.91 Å². The van der Waals surface area contributed by atoms with Crippen molar-refractivity contribution in [3.63, 3.8) is 0 Å². The van der Waals surface area contributed by atoms with Crippen LogP contribution in [0, 0.1) is 19.8 Å². The van der Waals surface area contributed by atoms with Crippen LogP contribution in [0.5, 0.6) is 0 Å². The van der Waals surface area contributed by atoms with Gasteiger partial charge in [-0.3, -0.25) is 9.78 Å². The molecule has 8 heteroatoms. The number of aryl methyl sites for hydroxylation is 1. The van der Waals surface area contributed by atoms with Crippen molar-refractivity contribution in [1.29, 1.82) is 0 Å². The molecule has 38 heavy (non-hydrogen) atoms. The fraction of sp³-hybridized carbons (Fsp3) is 0.500. The highest BCUT2D eigenvalue weighted by molar-refractivity contribution is 7.98. The van der Waals surface area contributed by atoms with Gasteiger partial charge in [0.15, 0.2) is 5.82 Å². The topological polar surface area (TPSA) is 60.2 Å². The Morgan fingerprint density at radius 1 is 1.16 bits per heavy atom. The first kappa shape index (κ1) is 27.2. The lowest BCUT2D eigenvalue weighted by molar-refractivity contribution is 0.0695. The van der Waals surface area contributed by atoms with Crippen molar-refractivity contribution < 1.29 is 9.53 Å². The van der Waals surface area contributed by atoms with E-state index in [1.165, 1.54) is 12.8 Å². The van der Waals surface area contributed by atoms with Crippen molar-refractivity contribution in [2.75, 3.05) is 12.9 Å². The number of carbonyl (C=O) groups is 1. The molecule has 1 fully saturated rings. The molecule has 0 saturated heterocycles. The van der Waals surface area contributed by atoms with Gasteiger partial charge in [-0.1, -0.05) is 19.6 Å². The Hall–Kier alpha value is -2.42. The Labute approximate surface area is 232 Å². The third-order valence-electron chi connectivity index (χ3n) is 8.01. The maximum Gasteiger partial charge on any atom is 0.255 e. The van der Waals surface area contributed by atoms with Gasteiger partial charge in [-0.05, 0) is 92.8 Å². The number of carbonyl (C=O) groups excluding carboxylic acids is 1. The van der Waals surface area contributed by atoms with Crippen LogP contribution in [0.1, 0.15) is 47.1 Å². The molecule has 2 aliphatic rings. The summed E-state index contributed by atoms with van der Waals surface area (Å²) in [5.74, 6) is 1.68.